The molecule has 0 N–H and O–H groups in total. The first-order valence-electron chi connectivity index (χ1n) is 7.24. The molecule has 0 amide bonds. The fourth-order valence-corrected chi connectivity index (χ4v) is 1.92. The predicted molar refractivity (Wildman–Crippen MR) is 85.9 cm³/mol. The third kappa shape index (κ3) is 5.53. The topological polar surface area (TPSA) is 39.2 Å². The minimum atomic E-state index is -4.44. The number of aryl methyl sites for hydroxylation is 1. The van der Waals surface area contributed by atoms with Crippen molar-refractivity contribution in [3.05, 3.63) is 63.9 Å². The first-order chi connectivity index (χ1) is 11.3. The van der Waals surface area contributed by atoms with E-state index in [1.807, 2.05) is 13.8 Å². The molecule has 0 bridgehead atoms. The highest BCUT2D eigenvalue weighted by Crippen LogP contribution is 2.29. The first kappa shape index (κ1) is 20.0. The highest BCUT2D eigenvalue weighted by molar-refractivity contribution is 6.33. The van der Waals surface area contributed by atoms with Gasteiger partial charge in [-0.25, -0.2) is 9.78 Å². The van der Waals surface area contributed by atoms with E-state index in [0.29, 0.717) is 5.69 Å². The summed E-state index contributed by atoms with van der Waals surface area (Å²) in [5, 5.41) is 0.125. The molecule has 0 atom stereocenters. The van der Waals surface area contributed by atoms with E-state index in [0.717, 1.165) is 12.1 Å². The largest absolute Gasteiger partial charge is 0.456 e. The van der Waals surface area contributed by atoms with Crippen LogP contribution < -0.4 is 0 Å². The molecule has 0 aliphatic rings. The molecule has 130 valence electrons. The molecule has 2 rings (SSSR count). The molecule has 1 aromatic carbocycles. The molecule has 0 saturated carbocycles. The Balaban J connectivity index is 0.00000139. The number of hydrogen-bond donors (Lipinski definition) is 0. The number of pyridine rings is 1. The van der Waals surface area contributed by atoms with Crippen LogP contribution in [0.4, 0.5) is 13.2 Å². The summed E-state index contributed by atoms with van der Waals surface area (Å²) in [4.78, 5) is 15.8. The fraction of sp³-hybridized carbons (Fsp3) is 0.294. The third-order valence-corrected chi connectivity index (χ3v) is 3.11. The molecule has 0 aliphatic carbocycles. The van der Waals surface area contributed by atoms with Gasteiger partial charge in [0.1, 0.15) is 6.61 Å². The van der Waals surface area contributed by atoms with Crippen molar-refractivity contribution in [1.82, 2.24) is 4.98 Å². The lowest BCUT2D eigenvalue weighted by Crippen LogP contribution is -2.10. The zero-order chi connectivity index (χ0) is 18.3. The number of ether oxygens (including phenoxy) is 1. The highest BCUT2D eigenvalue weighted by Gasteiger charge is 2.30. The fourth-order valence-electron chi connectivity index (χ4n) is 1.74. The zero-order valence-electron chi connectivity index (χ0n) is 13.4. The lowest BCUT2D eigenvalue weighted by Gasteiger charge is -2.09. The van der Waals surface area contributed by atoms with Crippen LogP contribution in [0.1, 0.15) is 41.2 Å². The van der Waals surface area contributed by atoms with Gasteiger partial charge < -0.3 is 4.74 Å². The Morgan fingerprint density at radius 1 is 1.21 bits per heavy atom. The van der Waals surface area contributed by atoms with E-state index in [1.54, 1.807) is 13.0 Å². The molecule has 0 spiro atoms. The van der Waals surface area contributed by atoms with Gasteiger partial charge in [0.05, 0.1) is 10.6 Å². The molecule has 0 radical (unpaired) electrons. The Labute approximate surface area is 143 Å². The summed E-state index contributed by atoms with van der Waals surface area (Å²) in [5.74, 6) is -0.786. The molecule has 0 unspecified atom stereocenters. The maximum Gasteiger partial charge on any atom is 0.416 e. The van der Waals surface area contributed by atoms with Gasteiger partial charge in [-0.1, -0.05) is 37.6 Å². The van der Waals surface area contributed by atoms with Crippen molar-refractivity contribution in [2.45, 2.75) is 33.6 Å². The van der Waals surface area contributed by atoms with Gasteiger partial charge in [0.15, 0.2) is 5.69 Å². The molecule has 0 saturated heterocycles. The Hall–Kier alpha value is -2.08. The van der Waals surface area contributed by atoms with E-state index < -0.39 is 17.7 Å². The van der Waals surface area contributed by atoms with Gasteiger partial charge in [-0.15, -0.1) is 0 Å². The zero-order valence-corrected chi connectivity index (χ0v) is 14.2. The van der Waals surface area contributed by atoms with Gasteiger partial charge in [0, 0.05) is 5.69 Å². The van der Waals surface area contributed by atoms with Crippen molar-refractivity contribution in [2.75, 3.05) is 0 Å². The summed E-state index contributed by atoms with van der Waals surface area (Å²) < 4.78 is 42.7. The average molecular weight is 360 g/mol. The summed E-state index contributed by atoms with van der Waals surface area (Å²) in [6, 6.07) is 7.71. The highest BCUT2D eigenvalue weighted by atomic mass is 35.5. The Bertz CT molecular complexity index is 702. The van der Waals surface area contributed by atoms with Gasteiger partial charge >= 0.3 is 12.1 Å². The summed E-state index contributed by atoms with van der Waals surface area (Å²) in [6.07, 6.45) is -4.44. The number of nitrogens with zero attached hydrogens (tertiary/aromatic N) is 1. The second-order valence-corrected chi connectivity index (χ2v) is 4.96. The smallest absolute Gasteiger partial charge is 0.416 e. The van der Waals surface area contributed by atoms with E-state index in [1.165, 1.54) is 18.2 Å². The molecular formula is C17H17ClF3NO2. The number of rotatable bonds is 3. The number of carbonyl (C=O) groups excluding carboxylic acids is 1. The molecule has 2 aromatic rings. The van der Waals surface area contributed by atoms with Crippen molar-refractivity contribution < 1.29 is 22.7 Å². The van der Waals surface area contributed by atoms with Crippen LogP contribution in [0.15, 0.2) is 36.4 Å². The van der Waals surface area contributed by atoms with Crippen LogP contribution in [0.5, 0.6) is 0 Å². The van der Waals surface area contributed by atoms with Crippen LogP contribution in [-0.4, -0.2) is 11.0 Å². The van der Waals surface area contributed by atoms with Crippen molar-refractivity contribution in [1.29, 1.82) is 0 Å². The van der Waals surface area contributed by atoms with Crippen LogP contribution in [0.3, 0.4) is 0 Å². The third-order valence-electron chi connectivity index (χ3n) is 2.80. The SMILES string of the molecule is CC.Cc1ccc(Cl)c(C(=O)OCc2cccc(C(F)(F)F)c2)n1. The second-order valence-electron chi connectivity index (χ2n) is 4.56. The van der Waals surface area contributed by atoms with Crippen molar-refractivity contribution >= 4 is 17.6 Å². The van der Waals surface area contributed by atoms with Gasteiger partial charge in [-0.05, 0) is 36.8 Å². The maximum atomic E-state index is 12.6. The summed E-state index contributed by atoms with van der Waals surface area (Å²) in [7, 11) is 0. The molecule has 7 heteroatoms. The van der Waals surface area contributed by atoms with E-state index in [2.05, 4.69) is 4.98 Å². The number of halogens is 4. The van der Waals surface area contributed by atoms with Crippen LogP contribution >= 0.6 is 11.6 Å². The summed E-state index contributed by atoms with van der Waals surface area (Å²) in [5.41, 5.74) is -0.0521. The predicted octanol–water partition coefficient (Wildman–Crippen LogP) is 5.45. The first-order valence-corrected chi connectivity index (χ1v) is 7.61. The lowest BCUT2D eigenvalue weighted by atomic mass is 10.1. The van der Waals surface area contributed by atoms with Crippen molar-refractivity contribution in [3.63, 3.8) is 0 Å². The number of benzene rings is 1. The van der Waals surface area contributed by atoms with E-state index in [-0.39, 0.29) is 22.9 Å². The van der Waals surface area contributed by atoms with Crippen molar-refractivity contribution in [2.24, 2.45) is 0 Å². The summed E-state index contributed by atoms with van der Waals surface area (Å²) >= 11 is 5.85. The Kier molecular flexibility index (Phi) is 7.22. The number of hydrogen-bond acceptors (Lipinski definition) is 3. The maximum absolute atomic E-state index is 12.6. The molecule has 3 nitrogen and oxygen atoms in total. The van der Waals surface area contributed by atoms with Crippen molar-refractivity contribution in [3.8, 4) is 0 Å². The number of alkyl halides is 3. The molecule has 24 heavy (non-hydrogen) atoms. The Morgan fingerprint density at radius 3 is 2.50 bits per heavy atom. The molecular weight excluding hydrogens is 343 g/mol. The molecule has 0 fully saturated rings. The molecule has 0 aliphatic heterocycles. The lowest BCUT2D eigenvalue weighted by molar-refractivity contribution is -0.137. The number of esters is 1. The molecule has 1 heterocycles. The second kappa shape index (κ2) is 8.68. The van der Waals surface area contributed by atoms with Gasteiger partial charge in [0.25, 0.3) is 0 Å². The van der Waals surface area contributed by atoms with E-state index in [9.17, 15) is 18.0 Å². The van der Waals surface area contributed by atoms with Crippen LogP contribution in [0.2, 0.25) is 5.02 Å². The van der Waals surface area contributed by atoms with Gasteiger partial charge in [-0.2, -0.15) is 13.2 Å². The average Bonchev–Trinajstić information content (AvgIpc) is 2.56. The minimum Gasteiger partial charge on any atom is -0.456 e. The van der Waals surface area contributed by atoms with Gasteiger partial charge in [-0.3, -0.25) is 0 Å². The monoisotopic (exact) mass is 359 g/mol. The van der Waals surface area contributed by atoms with Gasteiger partial charge in [0.2, 0.25) is 0 Å². The number of aromatic nitrogens is 1. The number of carbonyl (C=O) groups is 1. The van der Waals surface area contributed by atoms with Crippen LogP contribution in [0.25, 0.3) is 0 Å². The quantitative estimate of drug-likeness (QED) is 0.684. The van der Waals surface area contributed by atoms with E-state index in [4.69, 9.17) is 16.3 Å². The normalized spacial score (nSPS) is 10.6. The van der Waals surface area contributed by atoms with E-state index >= 15 is 0 Å². The summed E-state index contributed by atoms with van der Waals surface area (Å²) in [6.45, 7) is 5.38. The van der Waals surface area contributed by atoms with Crippen LogP contribution in [0, 0.1) is 6.92 Å². The minimum absolute atomic E-state index is 0.0614. The standard InChI is InChI=1S/C15H11ClF3NO2.C2H6/c1-9-5-6-12(16)13(20-9)14(21)22-8-10-3-2-4-11(7-10)15(17,18)19;1-2/h2-7H,8H2,1H3;1-2H3. The Morgan fingerprint density at radius 2 is 1.88 bits per heavy atom. The van der Waals surface area contributed by atoms with Crippen LogP contribution in [-0.2, 0) is 17.5 Å². The molecule has 1 aromatic heterocycles.